The number of rotatable bonds is 5. The Morgan fingerprint density at radius 3 is 2.59 bits per heavy atom. The van der Waals surface area contributed by atoms with Crippen molar-refractivity contribution in [2.45, 2.75) is 25.2 Å². The van der Waals surface area contributed by atoms with Crippen molar-refractivity contribution in [2.75, 3.05) is 19.6 Å². The van der Waals surface area contributed by atoms with Gasteiger partial charge in [-0.15, -0.1) is 0 Å². The highest BCUT2D eigenvalue weighted by atomic mass is 16.2. The lowest BCUT2D eigenvalue weighted by Gasteiger charge is -2.32. The number of hydrogen-bond acceptors (Lipinski definition) is 4. The van der Waals surface area contributed by atoms with Crippen molar-refractivity contribution in [1.29, 1.82) is 0 Å². The van der Waals surface area contributed by atoms with Gasteiger partial charge in [-0.3, -0.25) is 9.59 Å². The summed E-state index contributed by atoms with van der Waals surface area (Å²) < 4.78 is 0. The predicted octanol–water partition coefficient (Wildman–Crippen LogP) is 2.25. The highest BCUT2D eigenvalue weighted by Crippen LogP contribution is 2.48. The molecule has 1 aliphatic carbocycles. The standard InChI is InChI=1S/C21H24N4O2/c26-20(19-6-9-22-14-24-19)23-13-15-7-10-25(11-8-15)21(27)18-12-17(18)16-4-2-1-3-5-16/h1-6,9,14-15,17-18H,7-8,10-13H2,(H,23,26). The zero-order valence-electron chi connectivity index (χ0n) is 15.3. The molecule has 4 rings (SSSR count). The number of benzene rings is 1. The quantitative estimate of drug-likeness (QED) is 0.883. The van der Waals surface area contributed by atoms with Crippen LogP contribution in [0, 0.1) is 11.8 Å². The lowest BCUT2D eigenvalue weighted by atomic mass is 9.96. The smallest absolute Gasteiger partial charge is 0.270 e. The third kappa shape index (κ3) is 4.15. The molecule has 1 aromatic carbocycles. The van der Waals surface area contributed by atoms with Gasteiger partial charge in [0.1, 0.15) is 12.0 Å². The third-order valence-electron chi connectivity index (χ3n) is 5.63. The molecule has 1 aromatic heterocycles. The highest BCUT2D eigenvalue weighted by molar-refractivity contribution is 5.92. The van der Waals surface area contributed by atoms with E-state index >= 15 is 0 Å². The zero-order chi connectivity index (χ0) is 18.6. The van der Waals surface area contributed by atoms with E-state index < -0.39 is 0 Å². The lowest BCUT2D eigenvalue weighted by Crippen LogP contribution is -2.42. The summed E-state index contributed by atoms with van der Waals surface area (Å²) in [5, 5.41) is 2.94. The fourth-order valence-electron chi connectivity index (χ4n) is 3.88. The number of amides is 2. The Morgan fingerprint density at radius 2 is 1.89 bits per heavy atom. The maximum atomic E-state index is 12.7. The van der Waals surface area contributed by atoms with Gasteiger partial charge in [-0.05, 0) is 42.7 Å². The van der Waals surface area contributed by atoms with Crippen LogP contribution in [0.4, 0.5) is 0 Å². The van der Waals surface area contributed by atoms with Gasteiger partial charge in [0.25, 0.3) is 5.91 Å². The van der Waals surface area contributed by atoms with E-state index in [0.717, 1.165) is 32.4 Å². The SMILES string of the molecule is O=C(NCC1CCN(C(=O)C2CC2c2ccccc2)CC1)c1ccncn1. The van der Waals surface area contributed by atoms with Gasteiger partial charge < -0.3 is 10.2 Å². The molecule has 1 N–H and O–H groups in total. The molecule has 6 nitrogen and oxygen atoms in total. The first kappa shape index (κ1) is 17.6. The molecule has 6 heteroatoms. The largest absolute Gasteiger partial charge is 0.350 e. The topological polar surface area (TPSA) is 75.2 Å². The predicted molar refractivity (Wildman–Crippen MR) is 101 cm³/mol. The van der Waals surface area contributed by atoms with E-state index in [2.05, 4.69) is 27.4 Å². The summed E-state index contributed by atoms with van der Waals surface area (Å²) in [4.78, 5) is 34.6. The molecule has 2 heterocycles. The van der Waals surface area contributed by atoms with Crippen molar-refractivity contribution in [2.24, 2.45) is 11.8 Å². The van der Waals surface area contributed by atoms with Crippen molar-refractivity contribution in [3.63, 3.8) is 0 Å². The Morgan fingerprint density at radius 1 is 1.11 bits per heavy atom. The van der Waals surface area contributed by atoms with E-state index in [-0.39, 0.29) is 11.8 Å². The molecule has 2 aromatic rings. The van der Waals surface area contributed by atoms with Crippen molar-refractivity contribution < 1.29 is 9.59 Å². The number of carbonyl (C=O) groups excluding carboxylic acids is 2. The van der Waals surface area contributed by atoms with Crippen LogP contribution < -0.4 is 5.32 Å². The normalized spacial score (nSPS) is 22.3. The number of aromatic nitrogens is 2. The Bertz CT molecular complexity index is 788. The summed E-state index contributed by atoms with van der Waals surface area (Å²) in [6, 6.07) is 11.9. The zero-order valence-corrected chi connectivity index (χ0v) is 15.3. The van der Waals surface area contributed by atoms with Gasteiger partial charge >= 0.3 is 0 Å². The highest BCUT2D eigenvalue weighted by Gasteiger charge is 2.46. The lowest BCUT2D eigenvalue weighted by molar-refractivity contribution is -0.134. The first-order valence-corrected chi connectivity index (χ1v) is 9.60. The average molecular weight is 364 g/mol. The molecule has 2 atom stereocenters. The van der Waals surface area contributed by atoms with Crippen LogP contribution in [-0.2, 0) is 4.79 Å². The second-order valence-corrected chi connectivity index (χ2v) is 7.43. The molecule has 1 aliphatic heterocycles. The Hall–Kier alpha value is -2.76. The van der Waals surface area contributed by atoms with Crippen LogP contribution in [0.15, 0.2) is 48.9 Å². The van der Waals surface area contributed by atoms with Gasteiger partial charge in [0.15, 0.2) is 0 Å². The number of carbonyl (C=O) groups is 2. The molecule has 0 bridgehead atoms. The van der Waals surface area contributed by atoms with E-state index in [1.807, 2.05) is 23.1 Å². The van der Waals surface area contributed by atoms with Gasteiger partial charge in [-0.1, -0.05) is 30.3 Å². The van der Waals surface area contributed by atoms with Gasteiger partial charge in [0.2, 0.25) is 5.91 Å². The number of piperidine rings is 1. The molecule has 2 aliphatic rings. The summed E-state index contributed by atoms with van der Waals surface area (Å²) >= 11 is 0. The molecule has 1 saturated carbocycles. The number of likely N-dealkylation sites (tertiary alicyclic amines) is 1. The van der Waals surface area contributed by atoms with E-state index in [9.17, 15) is 9.59 Å². The first-order chi connectivity index (χ1) is 13.2. The summed E-state index contributed by atoms with van der Waals surface area (Å²) in [6.07, 6.45) is 5.76. The minimum absolute atomic E-state index is 0.154. The van der Waals surface area contributed by atoms with E-state index in [4.69, 9.17) is 0 Å². The molecule has 140 valence electrons. The second-order valence-electron chi connectivity index (χ2n) is 7.43. The van der Waals surface area contributed by atoms with Crippen LogP contribution in [0.2, 0.25) is 0 Å². The average Bonchev–Trinajstić information content (AvgIpc) is 3.54. The fraction of sp³-hybridized carbons (Fsp3) is 0.429. The van der Waals surface area contributed by atoms with Crippen LogP contribution in [0.3, 0.4) is 0 Å². The fourth-order valence-corrected chi connectivity index (χ4v) is 3.88. The molecule has 1 saturated heterocycles. The summed E-state index contributed by atoms with van der Waals surface area (Å²) in [5.74, 6) is 1.08. The minimum Gasteiger partial charge on any atom is -0.350 e. The van der Waals surface area contributed by atoms with Crippen LogP contribution in [0.1, 0.15) is 41.2 Å². The molecular weight excluding hydrogens is 340 g/mol. The molecular formula is C21H24N4O2. The molecule has 0 radical (unpaired) electrons. The van der Waals surface area contributed by atoms with Crippen molar-refractivity contribution in [1.82, 2.24) is 20.2 Å². The Balaban J connectivity index is 1.21. The van der Waals surface area contributed by atoms with E-state index in [1.54, 1.807) is 12.3 Å². The molecule has 27 heavy (non-hydrogen) atoms. The Labute approximate surface area is 159 Å². The van der Waals surface area contributed by atoms with Crippen molar-refractivity contribution in [3.05, 3.63) is 60.2 Å². The minimum atomic E-state index is -0.167. The van der Waals surface area contributed by atoms with Gasteiger partial charge in [-0.25, -0.2) is 9.97 Å². The van der Waals surface area contributed by atoms with Gasteiger partial charge in [-0.2, -0.15) is 0 Å². The van der Waals surface area contributed by atoms with Crippen LogP contribution >= 0.6 is 0 Å². The Kier molecular flexibility index (Phi) is 5.14. The van der Waals surface area contributed by atoms with Crippen molar-refractivity contribution in [3.8, 4) is 0 Å². The molecule has 2 fully saturated rings. The number of hydrogen-bond donors (Lipinski definition) is 1. The molecule has 2 unspecified atom stereocenters. The van der Waals surface area contributed by atoms with E-state index in [1.165, 1.54) is 11.9 Å². The first-order valence-electron chi connectivity index (χ1n) is 9.60. The number of nitrogens with one attached hydrogen (secondary N) is 1. The van der Waals surface area contributed by atoms with Crippen LogP contribution in [0.5, 0.6) is 0 Å². The van der Waals surface area contributed by atoms with Gasteiger partial charge in [0.05, 0.1) is 0 Å². The second kappa shape index (κ2) is 7.86. The van der Waals surface area contributed by atoms with Crippen molar-refractivity contribution >= 4 is 11.8 Å². The molecule has 0 spiro atoms. The summed E-state index contributed by atoms with van der Waals surface area (Å²) in [6.45, 7) is 2.19. The third-order valence-corrected chi connectivity index (χ3v) is 5.63. The van der Waals surface area contributed by atoms with Crippen LogP contribution in [0.25, 0.3) is 0 Å². The number of nitrogens with zero attached hydrogens (tertiary/aromatic N) is 3. The summed E-state index contributed by atoms with van der Waals surface area (Å²) in [7, 11) is 0. The van der Waals surface area contributed by atoms with E-state index in [0.29, 0.717) is 30.0 Å². The summed E-state index contributed by atoms with van der Waals surface area (Å²) in [5.41, 5.74) is 1.66. The monoisotopic (exact) mass is 364 g/mol. The maximum absolute atomic E-state index is 12.7. The van der Waals surface area contributed by atoms with Crippen LogP contribution in [-0.4, -0.2) is 46.3 Å². The molecule has 2 amide bonds. The maximum Gasteiger partial charge on any atom is 0.270 e. The van der Waals surface area contributed by atoms with Gasteiger partial charge in [0, 0.05) is 31.7 Å².